The molecule has 0 radical (unpaired) electrons. The number of hydrogen-bond donors (Lipinski definition) is 1. The molecule has 0 atom stereocenters. The number of imidazole rings is 1. The molecule has 0 aliphatic rings. The zero-order valence-electron chi connectivity index (χ0n) is 7.77. The van der Waals surface area contributed by atoms with E-state index in [1.807, 2.05) is 25.1 Å². The van der Waals surface area contributed by atoms with Crippen LogP contribution >= 0.6 is 0 Å². The Hall–Kier alpha value is -1.68. The molecule has 4 nitrogen and oxygen atoms in total. The molecule has 2 rings (SSSR count). The summed E-state index contributed by atoms with van der Waals surface area (Å²) in [6.45, 7) is 1.33. The molecule has 0 saturated heterocycles. The summed E-state index contributed by atoms with van der Waals surface area (Å²) in [5, 5.41) is 8.75. The molecule has 0 spiro atoms. The van der Waals surface area contributed by atoms with Crippen LogP contribution in [0.15, 0.2) is 24.4 Å². The van der Waals surface area contributed by atoms with Crippen molar-refractivity contribution in [2.24, 2.45) is 0 Å². The van der Waals surface area contributed by atoms with Crippen LogP contribution in [0.25, 0.3) is 5.52 Å². The maximum Gasteiger partial charge on any atom is 0.223 e. The first-order valence-corrected chi connectivity index (χ1v) is 4.32. The normalized spacial score (nSPS) is 10.7. The van der Waals surface area contributed by atoms with Gasteiger partial charge in [0.25, 0.3) is 0 Å². The van der Waals surface area contributed by atoms with E-state index in [2.05, 4.69) is 4.98 Å². The lowest BCUT2D eigenvalue weighted by Crippen LogP contribution is -2.09. The van der Waals surface area contributed by atoms with Gasteiger partial charge in [-0.1, -0.05) is 6.07 Å². The standard InChI is InChI=1S/C10H10N2O2/c1-7-8-4-2-3-5-12(8)10(11-7)9(14)6-13/h2-5,13H,6H2,1H3. The van der Waals surface area contributed by atoms with Crippen molar-refractivity contribution < 1.29 is 9.90 Å². The monoisotopic (exact) mass is 190 g/mol. The van der Waals surface area contributed by atoms with Gasteiger partial charge in [-0.2, -0.15) is 0 Å². The summed E-state index contributed by atoms with van der Waals surface area (Å²) in [5.41, 5.74) is 1.69. The van der Waals surface area contributed by atoms with E-state index in [1.165, 1.54) is 0 Å². The number of pyridine rings is 1. The number of nitrogens with zero attached hydrogens (tertiary/aromatic N) is 2. The van der Waals surface area contributed by atoms with Crippen molar-refractivity contribution in [2.45, 2.75) is 6.92 Å². The highest BCUT2D eigenvalue weighted by atomic mass is 16.3. The Morgan fingerprint density at radius 2 is 2.36 bits per heavy atom. The fourth-order valence-electron chi connectivity index (χ4n) is 1.46. The van der Waals surface area contributed by atoms with Crippen molar-refractivity contribution in [3.05, 3.63) is 35.9 Å². The Balaban J connectivity index is 2.72. The van der Waals surface area contributed by atoms with Gasteiger partial charge in [-0.15, -0.1) is 0 Å². The third kappa shape index (κ3) is 1.20. The van der Waals surface area contributed by atoms with Gasteiger partial charge in [-0.3, -0.25) is 9.20 Å². The molecule has 1 N–H and O–H groups in total. The van der Waals surface area contributed by atoms with Crippen molar-refractivity contribution in [1.29, 1.82) is 0 Å². The molecule has 0 bridgehead atoms. The van der Waals surface area contributed by atoms with E-state index in [4.69, 9.17) is 5.11 Å². The van der Waals surface area contributed by atoms with Gasteiger partial charge in [-0.25, -0.2) is 4.98 Å². The summed E-state index contributed by atoms with van der Waals surface area (Å²) in [6, 6.07) is 5.59. The summed E-state index contributed by atoms with van der Waals surface area (Å²) in [5.74, 6) is -0.0695. The van der Waals surface area contributed by atoms with E-state index >= 15 is 0 Å². The summed E-state index contributed by atoms with van der Waals surface area (Å²) < 4.78 is 1.69. The molecule has 0 saturated carbocycles. The minimum atomic E-state index is -0.507. The number of carbonyl (C=O) groups is 1. The zero-order chi connectivity index (χ0) is 10.1. The first-order valence-electron chi connectivity index (χ1n) is 4.32. The number of Topliss-reactive ketones (excluding diaryl/α,β-unsaturated/α-hetero) is 1. The lowest BCUT2D eigenvalue weighted by atomic mass is 10.3. The average molecular weight is 190 g/mol. The fraction of sp³-hybridized carbons (Fsp3) is 0.200. The second kappa shape index (κ2) is 3.23. The van der Waals surface area contributed by atoms with E-state index in [9.17, 15) is 4.79 Å². The first kappa shape index (κ1) is 8.90. The number of carbonyl (C=O) groups excluding carboxylic acids is 1. The van der Waals surface area contributed by atoms with Crippen molar-refractivity contribution in [3.63, 3.8) is 0 Å². The number of fused-ring (bicyclic) bond motifs is 1. The number of aryl methyl sites for hydroxylation is 1. The lowest BCUT2D eigenvalue weighted by Gasteiger charge is -1.96. The quantitative estimate of drug-likeness (QED) is 0.713. The van der Waals surface area contributed by atoms with E-state index in [-0.39, 0.29) is 5.78 Å². The van der Waals surface area contributed by atoms with Crippen molar-refractivity contribution >= 4 is 11.3 Å². The number of aliphatic hydroxyl groups is 1. The topological polar surface area (TPSA) is 54.6 Å². The predicted octanol–water partition coefficient (Wildman–Crippen LogP) is 0.818. The van der Waals surface area contributed by atoms with Gasteiger partial charge in [0.2, 0.25) is 5.78 Å². The molecule has 0 fully saturated rings. The van der Waals surface area contributed by atoms with Crippen molar-refractivity contribution in [2.75, 3.05) is 6.61 Å². The molecule has 2 heterocycles. The molecule has 72 valence electrons. The second-order valence-corrected chi connectivity index (χ2v) is 3.06. The van der Waals surface area contributed by atoms with E-state index in [0.29, 0.717) is 5.82 Å². The highest BCUT2D eigenvalue weighted by Crippen LogP contribution is 2.11. The molecular weight excluding hydrogens is 180 g/mol. The second-order valence-electron chi connectivity index (χ2n) is 3.06. The SMILES string of the molecule is Cc1nc(C(=O)CO)n2ccccc12. The number of aliphatic hydroxyl groups excluding tert-OH is 1. The molecule has 0 amide bonds. The smallest absolute Gasteiger partial charge is 0.223 e. The Morgan fingerprint density at radius 1 is 1.57 bits per heavy atom. The van der Waals surface area contributed by atoms with Gasteiger partial charge in [0.15, 0.2) is 5.82 Å². The number of aromatic nitrogens is 2. The lowest BCUT2D eigenvalue weighted by molar-refractivity contribution is 0.0892. The molecule has 0 aliphatic heterocycles. The summed E-state index contributed by atoms with van der Waals surface area (Å²) in [6.07, 6.45) is 1.76. The van der Waals surface area contributed by atoms with Gasteiger partial charge < -0.3 is 5.11 Å². The highest BCUT2D eigenvalue weighted by Gasteiger charge is 2.13. The summed E-state index contributed by atoms with van der Waals surface area (Å²) in [7, 11) is 0. The van der Waals surface area contributed by atoms with Gasteiger partial charge >= 0.3 is 0 Å². The predicted molar refractivity (Wildman–Crippen MR) is 51.3 cm³/mol. The minimum absolute atomic E-state index is 0.292. The average Bonchev–Trinajstić information content (AvgIpc) is 2.56. The fourth-order valence-corrected chi connectivity index (χ4v) is 1.46. The Kier molecular flexibility index (Phi) is 2.05. The van der Waals surface area contributed by atoms with Crippen molar-refractivity contribution in [3.8, 4) is 0 Å². The third-order valence-electron chi connectivity index (χ3n) is 2.13. The largest absolute Gasteiger partial charge is 0.388 e. The molecule has 0 aromatic carbocycles. The van der Waals surface area contributed by atoms with Gasteiger partial charge in [0.1, 0.15) is 6.61 Å². The van der Waals surface area contributed by atoms with Gasteiger partial charge in [-0.05, 0) is 19.1 Å². The van der Waals surface area contributed by atoms with E-state index in [0.717, 1.165) is 11.2 Å². The number of hydrogen-bond acceptors (Lipinski definition) is 3. The van der Waals surface area contributed by atoms with Crippen LogP contribution in [0, 0.1) is 6.92 Å². The van der Waals surface area contributed by atoms with Crippen LogP contribution in [0.1, 0.15) is 16.3 Å². The Morgan fingerprint density at radius 3 is 3.07 bits per heavy atom. The van der Waals surface area contributed by atoms with Crippen LogP contribution in [0.2, 0.25) is 0 Å². The molecule has 0 unspecified atom stereocenters. The molecule has 14 heavy (non-hydrogen) atoms. The maximum atomic E-state index is 11.3. The summed E-state index contributed by atoms with van der Waals surface area (Å²) in [4.78, 5) is 15.4. The van der Waals surface area contributed by atoms with Crippen LogP contribution < -0.4 is 0 Å². The molecule has 2 aromatic rings. The highest BCUT2D eigenvalue weighted by molar-refractivity contribution is 5.94. The van der Waals surface area contributed by atoms with Gasteiger partial charge in [0, 0.05) is 6.20 Å². The molecular formula is C10H10N2O2. The third-order valence-corrected chi connectivity index (χ3v) is 2.13. The Bertz CT molecular complexity index is 488. The number of rotatable bonds is 2. The number of ketones is 1. The zero-order valence-corrected chi connectivity index (χ0v) is 7.77. The Labute approximate surface area is 80.8 Å². The summed E-state index contributed by atoms with van der Waals surface area (Å²) >= 11 is 0. The van der Waals surface area contributed by atoms with E-state index < -0.39 is 6.61 Å². The maximum absolute atomic E-state index is 11.3. The van der Waals surface area contributed by atoms with E-state index in [1.54, 1.807) is 10.6 Å². The minimum Gasteiger partial charge on any atom is -0.388 e. The van der Waals surface area contributed by atoms with Gasteiger partial charge in [0.05, 0.1) is 11.2 Å². The first-order chi connectivity index (χ1) is 6.74. The van der Waals surface area contributed by atoms with Crippen LogP contribution in [0.3, 0.4) is 0 Å². The van der Waals surface area contributed by atoms with Crippen molar-refractivity contribution in [1.82, 2.24) is 9.38 Å². The van der Waals surface area contributed by atoms with Crippen LogP contribution in [0.4, 0.5) is 0 Å². The van der Waals surface area contributed by atoms with Crippen LogP contribution in [-0.2, 0) is 0 Å². The van der Waals surface area contributed by atoms with Crippen LogP contribution in [-0.4, -0.2) is 26.9 Å². The molecule has 2 aromatic heterocycles. The van der Waals surface area contributed by atoms with Crippen LogP contribution in [0.5, 0.6) is 0 Å². The molecule has 4 heteroatoms. The molecule has 0 aliphatic carbocycles.